The number of hydrogen-bond acceptors (Lipinski definition) is 3. The molecule has 3 heterocycles. The third kappa shape index (κ3) is 2.05. The maximum Gasteiger partial charge on any atom is 0.255 e. The molecule has 2 aromatic heterocycles. The van der Waals surface area contributed by atoms with Crippen LogP contribution in [0.25, 0.3) is 5.70 Å². The van der Waals surface area contributed by atoms with Crippen LogP contribution in [0.1, 0.15) is 19.4 Å². The number of fused-ring (bicyclic) bond motifs is 1. The van der Waals surface area contributed by atoms with Gasteiger partial charge in [-0.25, -0.2) is 0 Å². The van der Waals surface area contributed by atoms with E-state index in [9.17, 15) is 4.79 Å². The smallest absolute Gasteiger partial charge is 0.255 e. The molecule has 0 saturated heterocycles. The Morgan fingerprint density at radius 3 is 2.89 bits per heavy atom. The molecule has 0 spiro atoms. The van der Waals surface area contributed by atoms with E-state index >= 15 is 0 Å². The molecule has 0 unspecified atom stereocenters. The third-order valence-electron chi connectivity index (χ3n) is 3.00. The average Bonchev–Trinajstić information content (AvgIpc) is 2.37. The first-order valence-corrected chi connectivity index (χ1v) is 6.11. The molecule has 2 aromatic rings. The van der Waals surface area contributed by atoms with Crippen LogP contribution in [0, 0.1) is 0 Å². The average molecular weight is 254 g/mol. The van der Waals surface area contributed by atoms with Gasteiger partial charge in [0.05, 0.1) is 11.9 Å². The third-order valence-corrected chi connectivity index (χ3v) is 3.00. The summed E-state index contributed by atoms with van der Waals surface area (Å²) in [5.74, 6) is 0.695. The second-order valence-corrected chi connectivity index (χ2v) is 5.02. The Kier molecular flexibility index (Phi) is 2.52. The Morgan fingerprint density at radius 1 is 1.26 bits per heavy atom. The first-order valence-electron chi connectivity index (χ1n) is 6.11. The van der Waals surface area contributed by atoms with E-state index in [-0.39, 0.29) is 5.56 Å². The minimum atomic E-state index is -0.472. The van der Waals surface area contributed by atoms with Crippen LogP contribution in [0.3, 0.4) is 0 Å². The first-order chi connectivity index (χ1) is 9.07. The summed E-state index contributed by atoms with van der Waals surface area (Å²) in [5, 5.41) is 0. The maximum absolute atomic E-state index is 12.0. The van der Waals surface area contributed by atoms with E-state index in [1.54, 1.807) is 35.3 Å². The maximum atomic E-state index is 12.0. The number of rotatable bonds is 1. The van der Waals surface area contributed by atoms with Crippen LogP contribution in [0.2, 0.25) is 0 Å². The molecule has 0 N–H and O–H groups in total. The lowest BCUT2D eigenvalue weighted by Gasteiger charge is -2.31. The van der Waals surface area contributed by atoms with E-state index in [0.717, 1.165) is 11.3 Å². The topological polar surface area (TPSA) is 44.1 Å². The summed E-state index contributed by atoms with van der Waals surface area (Å²) in [6.07, 6.45) is 7.09. The minimum Gasteiger partial charge on any atom is -0.481 e. The van der Waals surface area contributed by atoms with Crippen molar-refractivity contribution in [2.24, 2.45) is 0 Å². The SMILES string of the molecule is CC1(C)C=C(n2ccccc2=O)c2ccncc2O1. The predicted octanol–water partition coefficient (Wildman–Crippen LogP) is 2.30. The Hall–Kier alpha value is -2.36. The van der Waals surface area contributed by atoms with Crippen LogP contribution in [-0.4, -0.2) is 15.2 Å². The van der Waals surface area contributed by atoms with Crippen LogP contribution in [0.5, 0.6) is 5.75 Å². The number of hydrogen-bond donors (Lipinski definition) is 0. The van der Waals surface area contributed by atoms with E-state index in [2.05, 4.69) is 4.98 Å². The van der Waals surface area contributed by atoms with Crippen molar-refractivity contribution in [3.05, 3.63) is 64.8 Å². The van der Waals surface area contributed by atoms with Crippen molar-refractivity contribution in [3.63, 3.8) is 0 Å². The summed E-state index contributed by atoms with van der Waals surface area (Å²) >= 11 is 0. The molecule has 0 aliphatic carbocycles. The van der Waals surface area contributed by atoms with Gasteiger partial charge in [-0.05, 0) is 32.1 Å². The Bertz CT molecular complexity index is 714. The zero-order valence-corrected chi connectivity index (χ0v) is 10.8. The van der Waals surface area contributed by atoms with Crippen molar-refractivity contribution in [2.75, 3.05) is 0 Å². The van der Waals surface area contributed by atoms with E-state index in [1.807, 2.05) is 32.1 Å². The van der Waals surface area contributed by atoms with Crippen LogP contribution in [-0.2, 0) is 0 Å². The molecule has 19 heavy (non-hydrogen) atoms. The predicted molar refractivity (Wildman–Crippen MR) is 73.0 cm³/mol. The van der Waals surface area contributed by atoms with Crippen molar-refractivity contribution in [1.82, 2.24) is 9.55 Å². The van der Waals surface area contributed by atoms with Gasteiger partial charge in [0.25, 0.3) is 5.56 Å². The zero-order chi connectivity index (χ0) is 13.5. The highest BCUT2D eigenvalue weighted by molar-refractivity contribution is 5.72. The summed E-state index contributed by atoms with van der Waals surface area (Å²) in [6.45, 7) is 3.91. The summed E-state index contributed by atoms with van der Waals surface area (Å²) in [6, 6.07) is 6.98. The number of nitrogens with zero attached hydrogens (tertiary/aromatic N) is 2. The molecule has 0 aromatic carbocycles. The summed E-state index contributed by atoms with van der Waals surface area (Å²) in [4.78, 5) is 16.1. The summed E-state index contributed by atoms with van der Waals surface area (Å²) in [7, 11) is 0. The summed E-state index contributed by atoms with van der Waals surface area (Å²) < 4.78 is 7.48. The van der Waals surface area contributed by atoms with Gasteiger partial charge in [-0.15, -0.1) is 0 Å². The zero-order valence-electron chi connectivity index (χ0n) is 10.8. The van der Waals surface area contributed by atoms with Gasteiger partial charge in [0.2, 0.25) is 0 Å². The van der Waals surface area contributed by atoms with Crippen molar-refractivity contribution < 1.29 is 4.74 Å². The van der Waals surface area contributed by atoms with Crippen molar-refractivity contribution in [2.45, 2.75) is 19.4 Å². The van der Waals surface area contributed by atoms with Gasteiger partial charge in [-0.2, -0.15) is 0 Å². The Balaban J connectivity index is 2.27. The number of pyridine rings is 2. The van der Waals surface area contributed by atoms with Crippen LogP contribution >= 0.6 is 0 Å². The molecule has 0 bridgehead atoms. The Morgan fingerprint density at radius 2 is 2.11 bits per heavy atom. The van der Waals surface area contributed by atoms with Gasteiger partial charge in [0, 0.05) is 24.0 Å². The molecule has 3 rings (SSSR count). The van der Waals surface area contributed by atoms with Gasteiger partial charge in [0.1, 0.15) is 11.4 Å². The fraction of sp³-hybridized carbons (Fsp3) is 0.200. The fourth-order valence-corrected chi connectivity index (χ4v) is 2.22. The number of ether oxygens (including phenoxy) is 1. The van der Waals surface area contributed by atoms with Crippen LogP contribution in [0.4, 0.5) is 0 Å². The van der Waals surface area contributed by atoms with E-state index < -0.39 is 5.60 Å². The molecule has 0 fully saturated rings. The Labute approximate surface area is 111 Å². The van der Waals surface area contributed by atoms with Gasteiger partial charge in [-0.1, -0.05) is 6.07 Å². The largest absolute Gasteiger partial charge is 0.481 e. The molecule has 0 amide bonds. The highest BCUT2D eigenvalue weighted by Gasteiger charge is 2.27. The van der Waals surface area contributed by atoms with Gasteiger partial charge in [-0.3, -0.25) is 14.3 Å². The molecular weight excluding hydrogens is 240 g/mol. The van der Waals surface area contributed by atoms with Crippen molar-refractivity contribution in [3.8, 4) is 5.75 Å². The van der Waals surface area contributed by atoms with Crippen molar-refractivity contribution in [1.29, 1.82) is 0 Å². The normalized spacial score (nSPS) is 16.2. The first kappa shape index (κ1) is 11.7. The second-order valence-electron chi connectivity index (χ2n) is 5.02. The van der Waals surface area contributed by atoms with Crippen LogP contribution in [0.15, 0.2) is 53.7 Å². The molecular formula is C15H14N2O2. The van der Waals surface area contributed by atoms with Gasteiger partial charge >= 0.3 is 0 Å². The number of aromatic nitrogens is 2. The van der Waals surface area contributed by atoms with E-state index in [0.29, 0.717) is 5.75 Å². The minimum absolute atomic E-state index is 0.0609. The molecule has 0 radical (unpaired) electrons. The lowest BCUT2D eigenvalue weighted by atomic mass is 10.00. The molecule has 4 heteroatoms. The molecule has 1 aliphatic heterocycles. The van der Waals surface area contributed by atoms with Gasteiger partial charge in [0.15, 0.2) is 0 Å². The molecule has 0 atom stereocenters. The second kappa shape index (κ2) is 4.09. The molecule has 0 saturated carbocycles. The standard InChI is InChI=1S/C15H14N2O2/c1-15(2)9-12(17-8-4-3-5-14(17)18)11-6-7-16-10-13(11)19-15/h3-10H,1-2H3. The fourth-order valence-electron chi connectivity index (χ4n) is 2.22. The van der Waals surface area contributed by atoms with Crippen molar-refractivity contribution >= 4 is 5.70 Å². The lowest BCUT2D eigenvalue weighted by Crippen LogP contribution is -2.32. The lowest BCUT2D eigenvalue weighted by molar-refractivity contribution is 0.156. The highest BCUT2D eigenvalue weighted by atomic mass is 16.5. The molecule has 96 valence electrons. The highest BCUT2D eigenvalue weighted by Crippen LogP contribution is 2.35. The summed E-state index contributed by atoms with van der Waals surface area (Å²) in [5.41, 5.74) is 1.18. The molecule has 4 nitrogen and oxygen atoms in total. The van der Waals surface area contributed by atoms with Crippen LogP contribution < -0.4 is 10.3 Å². The molecule has 1 aliphatic rings. The monoisotopic (exact) mass is 254 g/mol. The van der Waals surface area contributed by atoms with E-state index in [4.69, 9.17) is 4.74 Å². The quantitative estimate of drug-likeness (QED) is 0.784. The van der Waals surface area contributed by atoms with E-state index in [1.165, 1.54) is 0 Å². The van der Waals surface area contributed by atoms with Gasteiger partial charge < -0.3 is 4.74 Å².